The SMILES string of the molecule is C[C@@H]1CC[C@@]2(OC1)O[C@H]1C[C@@]3(O)[C@@H]4CC[C@@H]5C[C@@H](O)CC[C@]5(C)[C@H]4CC[C@]3(C)[C@H]1[C@@H]2C. The van der Waals surface area contributed by atoms with Gasteiger partial charge in [0.25, 0.3) is 0 Å². The van der Waals surface area contributed by atoms with E-state index in [2.05, 4.69) is 27.7 Å². The normalized spacial score (nSPS) is 63.3. The molecule has 2 aliphatic heterocycles. The molecule has 12 atom stereocenters. The van der Waals surface area contributed by atoms with Crippen LogP contribution in [0.2, 0.25) is 0 Å². The van der Waals surface area contributed by atoms with E-state index in [1.165, 1.54) is 19.3 Å². The highest BCUT2D eigenvalue weighted by Gasteiger charge is 2.74. The summed E-state index contributed by atoms with van der Waals surface area (Å²) in [4.78, 5) is 0. The van der Waals surface area contributed by atoms with E-state index < -0.39 is 11.4 Å². The summed E-state index contributed by atoms with van der Waals surface area (Å²) in [6.07, 6.45) is 10.7. The van der Waals surface area contributed by atoms with Crippen LogP contribution >= 0.6 is 0 Å². The van der Waals surface area contributed by atoms with Crippen molar-refractivity contribution >= 4 is 0 Å². The molecule has 31 heavy (non-hydrogen) atoms. The van der Waals surface area contributed by atoms with Crippen LogP contribution in [0.25, 0.3) is 0 Å². The van der Waals surface area contributed by atoms with Crippen LogP contribution in [0.3, 0.4) is 0 Å². The molecule has 6 rings (SSSR count). The monoisotopic (exact) mass is 432 g/mol. The second kappa shape index (κ2) is 6.71. The van der Waals surface area contributed by atoms with Gasteiger partial charge in [-0.1, -0.05) is 27.7 Å². The Bertz CT molecular complexity index is 731. The Morgan fingerprint density at radius 2 is 1.71 bits per heavy atom. The minimum Gasteiger partial charge on any atom is -0.393 e. The molecule has 1 spiro atoms. The molecule has 0 bridgehead atoms. The van der Waals surface area contributed by atoms with Gasteiger partial charge in [0.15, 0.2) is 5.79 Å². The van der Waals surface area contributed by atoms with Crippen molar-refractivity contribution in [3.05, 3.63) is 0 Å². The maximum Gasteiger partial charge on any atom is 0.171 e. The maximum atomic E-state index is 12.5. The summed E-state index contributed by atoms with van der Waals surface area (Å²) in [6.45, 7) is 10.3. The molecule has 176 valence electrons. The van der Waals surface area contributed by atoms with Gasteiger partial charge in [-0.05, 0) is 80.5 Å². The molecular formula is C27H44O4. The Kier molecular flexibility index (Phi) is 4.62. The molecule has 4 aliphatic carbocycles. The van der Waals surface area contributed by atoms with Crippen molar-refractivity contribution in [3.8, 4) is 0 Å². The average Bonchev–Trinajstić information content (AvgIpc) is 3.12. The summed E-state index contributed by atoms with van der Waals surface area (Å²) in [5.74, 6) is 2.55. The zero-order valence-corrected chi connectivity index (χ0v) is 20.1. The van der Waals surface area contributed by atoms with E-state index >= 15 is 0 Å². The summed E-state index contributed by atoms with van der Waals surface area (Å²) >= 11 is 0. The molecule has 2 heterocycles. The summed E-state index contributed by atoms with van der Waals surface area (Å²) in [7, 11) is 0. The van der Waals surface area contributed by atoms with E-state index in [1.54, 1.807) is 0 Å². The molecule has 4 nitrogen and oxygen atoms in total. The molecule has 0 unspecified atom stereocenters. The van der Waals surface area contributed by atoms with Crippen molar-refractivity contribution in [2.45, 2.75) is 115 Å². The number of hydrogen-bond donors (Lipinski definition) is 2. The Morgan fingerprint density at radius 3 is 2.45 bits per heavy atom. The lowest BCUT2D eigenvalue weighted by Crippen LogP contribution is -2.63. The predicted molar refractivity (Wildman–Crippen MR) is 119 cm³/mol. The number of aliphatic hydroxyl groups excluding tert-OH is 1. The standard InChI is InChI=1S/C27H44O4/c1-16-7-12-27(30-15-16)17(2)23-22(31-27)14-26(29)21-6-5-18-13-19(28)8-10-24(18,3)20(21)9-11-25(23,26)4/h16-23,28-29H,5-15H2,1-4H3/t16-,17+,18-,19+,20+,21-,22+,23+,24+,25-,26-,27-/m1/s1. The second-order valence-corrected chi connectivity index (χ2v) is 13.2. The number of hydrogen-bond acceptors (Lipinski definition) is 4. The fourth-order valence-corrected chi connectivity index (χ4v) is 10.2. The number of ether oxygens (including phenoxy) is 2. The maximum absolute atomic E-state index is 12.5. The van der Waals surface area contributed by atoms with Gasteiger partial charge in [0.2, 0.25) is 0 Å². The smallest absolute Gasteiger partial charge is 0.171 e. The Hall–Kier alpha value is -0.160. The van der Waals surface area contributed by atoms with Gasteiger partial charge in [0, 0.05) is 30.1 Å². The Balaban J connectivity index is 1.30. The molecule has 6 fully saturated rings. The highest BCUT2D eigenvalue weighted by atomic mass is 16.7. The van der Waals surface area contributed by atoms with Crippen LogP contribution in [0.5, 0.6) is 0 Å². The fourth-order valence-electron chi connectivity index (χ4n) is 10.2. The molecular weight excluding hydrogens is 388 g/mol. The number of aliphatic hydroxyl groups is 2. The van der Waals surface area contributed by atoms with E-state index in [4.69, 9.17) is 9.47 Å². The van der Waals surface area contributed by atoms with Gasteiger partial charge in [-0.2, -0.15) is 0 Å². The first-order valence-electron chi connectivity index (χ1n) is 13.4. The molecule has 2 N–H and O–H groups in total. The van der Waals surface area contributed by atoms with Gasteiger partial charge < -0.3 is 19.7 Å². The number of rotatable bonds is 0. The van der Waals surface area contributed by atoms with Gasteiger partial charge >= 0.3 is 0 Å². The van der Waals surface area contributed by atoms with Gasteiger partial charge in [-0.3, -0.25) is 0 Å². The van der Waals surface area contributed by atoms with Crippen molar-refractivity contribution in [3.63, 3.8) is 0 Å². The molecule has 2 saturated heterocycles. The molecule has 0 radical (unpaired) electrons. The Morgan fingerprint density at radius 1 is 0.903 bits per heavy atom. The van der Waals surface area contributed by atoms with E-state index in [0.29, 0.717) is 35.5 Å². The minimum atomic E-state index is -0.618. The summed E-state index contributed by atoms with van der Waals surface area (Å²) < 4.78 is 13.2. The first-order chi connectivity index (χ1) is 14.6. The minimum absolute atomic E-state index is 0.0778. The van der Waals surface area contributed by atoms with Gasteiger partial charge in [-0.15, -0.1) is 0 Å². The van der Waals surface area contributed by atoms with Crippen LogP contribution in [-0.2, 0) is 9.47 Å². The van der Waals surface area contributed by atoms with Crippen LogP contribution in [0.1, 0.15) is 91.9 Å². The lowest BCUT2D eigenvalue weighted by molar-refractivity contribution is -0.282. The summed E-state index contributed by atoms with van der Waals surface area (Å²) in [6, 6.07) is 0. The molecule has 4 heteroatoms. The summed E-state index contributed by atoms with van der Waals surface area (Å²) in [5.41, 5.74) is -0.411. The van der Waals surface area contributed by atoms with Crippen molar-refractivity contribution < 1.29 is 19.7 Å². The quantitative estimate of drug-likeness (QED) is 0.571. The lowest BCUT2D eigenvalue weighted by atomic mass is 9.43. The third-order valence-electron chi connectivity index (χ3n) is 12.1. The zero-order chi connectivity index (χ0) is 21.8. The molecule has 0 aromatic heterocycles. The van der Waals surface area contributed by atoms with E-state index in [1.807, 2.05) is 0 Å². The molecule has 6 aliphatic rings. The van der Waals surface area contributed by atoms with Gasteiger partial charge in [-0.25, -0.2) is 0 Å². The predicted octanol–water partition coefficient (Wildman–Crippen LogP) is 4.91. The van der Waals surface area contributed by atoms with Crippen molar-refractivity contribution in [2.75, 3.05) is 6.61 Å². The topological polar surface area (TPSA) is 58.9 Å². The molecule has 0 aromatic carbocycles. The fraction of sp³-hybridized carbons (Fsp3) is 1.00. The average molecular weight is 433 g/mol. The van der Waals surface area contributed by atoms with Gasteiger partial charge in [0.1, 0.15) is 0 Å². The van der Waals surface area contributed by atoms with Crippen LogP contribution in [0, 0.1) is 46.3 Å². The first-order valence-corrected chi connectivity index (χ1v) is 13.4. The lowest BCUT2D eigenvalue weighted by Gasteiger charge is -2.64. The first kappa shape index (κ1) is 21.4. The van der Waals surface area contributed by atoms with E-state index in [9.17, 15) is 10.2 Å². The van der Waals surface area contributed by atoms with Crippen molar-refractivity contribution in [1.29, 1.82) is 0 Å². The third kappa shape index (κ3) is 2.63. The molecule has 0 aromatic rings. The highest BCUT2D eigenvalue weighted by molar-refractivity contribution is 5.22. The van der Waals surface area contributed by atoms with E-state index in [-0.39, 0.29) is 23.0 Å². The van der Waals surface area contributed by atoms with Crippen LogP contribution in [-0.4, -0.2) is 40.4 Å². The molecule has 0 amide bonds. The Labute approximate surface area is 188 Å². The van der Waals surface area contributed by atoms with Crippen LogP contribution in [0.4, 0.5) is 0 Å². The van der Waals surface area contributed by atoms with E-state index in [0.717, 1.165) is 51.6 Å². The van der Waals surface area contributed by atoms with Crippen LogP contribution < -0.4 is 0 Å². The summed E-state index contributed by atoms with van der Waals surface area (Å²) in [5, 5.41) is 22.8. The van der Waals surface area contributed by atoms with Crippen molar-refractivity contribution in [2.24, 2.45) is 46.3 Å². The number of fused-ring (bicyclic) bond motifs is 7. The third-order valence-corrected chi connectivity index (χ3v) is 12.1. The highest BCUT2D eigenvalue weighted by Crippen LogP contribution is 2.72. The largest absolute Gasteiger partial charge is 0.393 e. The zero-order valence-electron chi connectivity index (χ0n) is 20.1. The molecule has 4 saturated carbocycles. The second-order valence-electron chi connectivity index (χ2n) is 13.2. The van der Waals surface area contributed by atoms with Gasteiger partial charge in [0.05, 0.1) is 24.4 Å². The van der Waals surface area contributed by atoms with Crippen molar-refractivity contribution in [1.82, 2.24) is 0 Å². The van der Waals surface area contributed by atoms with Crippen LogP contribution in [0.15, 0.2) is 0 Å².